The number of carbonyl (C=O) groups is 2. The zero-order valence-electron chi connectivity index (χ0n) is 21.5. The third-order valence-electron chi connectivity index (χ3n) is 5.83. The fourth-order valence-corrected chi connectivity index (χ4v) is 4.22. The summed E-state index contributed by atoms with van der Waals surface area (Å²) in [5.74, 6) is -0.941. The molecule has 10 nitrogen and oxygen atoms in total. The first kappa shape index (κ1) is 28.5. The molecule has 0 saturated carbocycles. The quantitative estimate of drug-likeness (QED) is 0.313. The summed E-state index contributed by atoms with van der Waals surface area (Å²) < 4.78 is 35.7. The Morgan fingerprint density at radius 2 is 2.00 bits per heavy atom. The normalized spacial score (nSPS) is 17.0. The molecule has 2 amide bonds. The second kappa shape index (κ2) is 13.0. The van der Waals surface area contributed by atoms with Crippen LogP contribution in [-0.4, -0.2) is 54.8 Å². The maximum absolute atomic E-state index is 13.6. The number of nitrogens with zero attached hydrogens (tertiary/aromatic N) is 1. The maximum atomic E-state index is 13.6. The van der Waals surface area contributed by atoms with E-state index in [4.69, 9.17) is 30.3 Å². The molecule has 1 fully saturated rings. The standard InChI is InChI=1S/C27H30ClFN4O6/c1-27(2)37-16-20(38-27)11-19(31-24(34)14-30-13-18-9-6-10-21(29)25(18)28)15-36-26(35)32-23-12-22(39-33-23)17-7-4-3-5-8-17/h3-10,12,19-20,30H,11,13-16H2,1-2H3,(H,31,34)(H,32,33,35)/t19-,20+/m0/s1. The van der Waals surface area contributed by atoms with Gasteiger partial charge in [0.1, 0.15) is 12.4 Å². The molecule has 0 unspecified atom stereocenters. The van der Waals surface area contributed by atoms with Crippen molar-refractivity contribution >= 4 is 29.4 Å². The van der Waals surface area contributed by atoms with Crippen LogP contribution in [0.25, 0.3) is 11.3 Å². The van der Waals surface area contributed by atoms with Gasteiger partial charge in [-0.1, -0.05) is 59.2 Å². The van der Waals surface area contributed by atoms with Crippen LogP contribution in [0.5, 0.6) is 0 Å². The fraction of sp³-hybridized carbons (Fsp3) is 0.370. The van der Waals surface area contributed by atoms with Crippen LogP contribution in [0.4, 0.5) is 15.0 Å². The highest BCUT2D eigenvalue weighted by Gasteiger charge is 2.34. The SMILES string of the molecule is CC1(C)OC[C@@H](C[C@@H](COC(=O)Nc2cc(-c3ccccc3)on2)NC(=O)CNCc2cccc(F)c2Cl)O1. The Bertz CT molecular complexity index is 1270. The molecule has 2 atom stereocenters. The molecular formula is C27H30ClFN4O6. The molecule has 1 saturated heterocycles. The molecule has 3 aromatic rings. The highest BCUT2D eigenvalue weighted by atomic mass is 35.5. The number of hydrogen-bond acceptors (Lipinski definition) is 8. The maximum Gasteiger partial charge on any atom is 0.412 e. The minimum atomic E-state index is -0.759. The molecule has 208 valence electrons. The van der Waals surface area contributed by atoms with Gasteiger partial charge in [0.15, 0.2) is 17.4 Å². The van der Waals surface area contributed by atoms with E-state index in [1.54, 1.807) is 32.0 Å². The van der Waals surface area contributed by atoms with Gasteiger partial charge in [-0.2, -0.15) is 0 Å². The lowest BCUT2D eigenvalue weighted by Gasteiger charge is -2.23. The summed E-state index contributed by atoms with van der Waals surface area (Å²) >= 11 is 5.97. The molecule has 12 heteroatoms. The zero-order chi connectivity index (χ0) is 27.8. The summed E-state index contributed by atoms with van der Waals surface area (Å²) in [7, 11) is 0. The Balaban J connectivity index is 1.29. The Hall–Kier alpha value is -3.51. The predicted molar refractivity (Wildman–Crippen MR) is 141 cm³/mol. The Kier molecular flexibility index (Phi) is 9.52. The highest BCUT2D eigenvalue weighted by molar-refractivity contribution is 6.31. The van der Waals surface area contributed by atoms with Crippen LogP contribution < -0.4 is 16.0 Å². The second-order valence-corrected chi connectivity index (χ2v) is 9.81. The predicted octanol–water partition coefficient (Wildman–Crippen LogP) is 4.50. The van der Waals surface area contributed by atoms with E-state index in [1.165, 1.54) is 6.07 Å². The van der Waals surface area contributed by atoms with Gasteiger partial charge >= 0.3 is 6.09 Å². The molecule has 3 N–H and O–H groups in total. The van der Waals surface area contributed by atoms with E-state index in [2.05, 4.69) is 21.1 Å². The number of halogens is 2. The molecule has 0 radical (unpaired) electrons. The van der Waals surface area contributed by atoms with Crippen molar-refractivity contribution in [3.63, 3.8) is 0 Å². The number of anilines is 1. The summed E-state index contributed by atoms with van der Waals surface area (Å²) in [5, 5.41) is 12.2. The Labute approximate surface area is 230 Å². The van der Waals surface area contributed by atoms with Crippen molar-refractivity contribution in [2.75, 3.05) is 25.1 Å². The minimum absolute atomic E-state index is 0.00620. The van der Waals surface area contributed by atoms with Crippen molar-refractivity contribution in [2.45, 2.75) is 44.7 Å². The molecule has 2 aromatic carbocycles. The van der Waals surface area contributed by atoms with Crippen LogP contribution in [0.1, 0.15) is 25.8 Å². The van der Waals surface area contributed by atoms with Crippen LogP contribution in [0.15, 0.2) is 59.1 Å². The Morgan fingerprint density at radius 1 is 1.21 bits per heavy atom. The number of amides is 2. The lowest BCUT2D eigenvalue weighted by Crippen LogP contribution is -2.45. The van der Waals surface area contributed by atoms with Gasteiger partial charge in [0.25, 0.3) is 0 Å². The van der Waals surface area contributed by atoms with Gasteiger partial charge in [0, 0.05) is 18.2 Å². The number of hydrogen-bond donors (Lipinski definition) is 3. The van der Waals surface area contributed by atoms with E-state index in [0.717, 1.165) is 5.56 Å². The third kappa shape index (κ3) is 8.49. The van der Waals surface area contributed by atoms with Gasteiger partial charge in [0.2, 0.25) is 5.91 Å². The molecule has 1 aliphatic rings. The van der Waals surface area contributed by atoms with E-state index >= 15 is 0 Å². The number of ether oxygens (including phenoxy) is 3. The van der Waals surface area contributed by atoms with Crippen molar-refractivity contribution in [3.05, 3.63) is 71.0 Å². The lowest BCUT2D eigenvalue weighted by molar-refractivity contribution is -0.140. The first-order chi connectivity index (χ1) is 18.7. The van der Waals surface area contributed by atoms with E-state index in [9.17, 15) is 14.0 Å². The summed E-state index contributed by atoms with van der Waals surface area (Å²) in [6.07, 6.45) is -0.717. The van der Waals surface area contributed by atoms with Gasteiger partial charge in [0.05, 0.1) is 30.3 Å². The van der Waals surface area contributed by atoms with Gasteiger partial charge in [-0.05, 0) is 31.9 Å². The van der Waals surface area contributed by atoms with Crippen LogP contribution in [-0.2, 0) is 25.5 Å². The van der Waals surface area contributed by atoms with Gasteiger partial charge in [-0.3, -0.25) is 10.1 Å². The molecule has 39 heavy (non-hydrogen) atoms. The molecule has 4 rings (SSSR count). The van der Waals surface area contributed by atoms with Gasteiger partial charge < -0.3 is 29.4 Å². The minimum Gasteiger partial charge on any atom is -0.447 e. The molecule has 0 aliphatic carbocycles. The topological polar surface area (TPSA) is 124 Å². The molecule has 1 aromatic heterocycles. The largest absolute Gasteiger partial charge is 0.447 e. The van der Waals surface area contributed by atoms with Gasteiger partial charge in [-0.25, -0.2) is 9.18 Å². The molecule has 2 heterocycles. The van der Waals surface area contributed by atoms with Crippen molar-refractivity contribution in [1.29, 1.82) is 0 Å². The first-order valence-corrected chi connectivity index (χ1v) is 12.8. The number of benzene rings is 2. The smallest absolute Gasteiger partial charge is 0.412 e. The fourth-order valence-electron chi connectivity index (χ4n) is 4.03. The highest BCUT2D eigenvalue weighted by Crippen LogP contribution is 2.25. The van der Waals surface area contributed by atoms with E-state index in [-0.39, 0.29) is 42.5 Å². The number of carbonyl (C=O) groups excluding carboxylic acids is 2. The average Bonchev–Trinajstić information content (AvgIpc) is 3.51. The van der Waals surface area contributed by atoms with E-state index in [0.29, 0.717) is 24.4 Å². The van der Waals surface area contributed by atoms with Crippen LogP contribution in [0.2, 0.25) is 5.02 Å². The monoisotopic (exact) mass is 560 g/mol. The van der Waals surface area contributed by atoms with Crippen molar-refractivity contribution in [2.24, 2.45) is 0 Å². The lowest BCUT2D eigenvalue weighted by atomic mass is 10.1. The second-order valence-electron chi connectivity index (χ2n) is 9.43. The van der Waals surface area contributed by atoms with Crippen molar-refractivity contribution in [3.8, 4) is 11.3 Å². The molecule has 1 aliphatic heterocycles. The molecule has 0 spiro atoms. The molecular weight excluding hydrogens is 531 g/mol. The van der Waals surface area contributed by atoms with Crippen LogP contribution in [0, 0.1) is 5.82 Å². The number of nitrogens with one attached hydrogen (secondary N) is 3. The summed E-state index contributed by atoms with van der Waals surface area (Å²) in [5.41, 5.74) is 1.34. The third-order valence-corrected chi connectivity index (χ3v) is 6.25. The first-order valence-electron chi connectivity index (χ1n) is 12.4. The van der Waals surface area contributed by atoms with Crippen molar-refractivity contribution in [1.82, 2.24) is 15.8 Å². The number of rotatable bonds is 11. The summed E-state index contributed by atoms with van der Waals surface area (Å²) in [4.78, 5) is 25.1. The summed E-state index contributed by atoms with van der Waals surface area (Å²) in [6.45, 7) is 3.94. The average molecular weight is 561 g/mol. The van der Waals surface area contributed by atoms with Crippen LogP contribution in [0.3, 0.4) is 0 Å². The van der Waals surface area contributed by atoms with Gasteiger partial charge in [-0.15, -0.1) is 0 Å². The van der Waals surface area contributed by atoms with Crippen LogP contribution >= 0.6 is 11.6 Å². The van der Waals surface area contributed by atoms with E-state index in [1.807, 2.05) is 30.3 Å². The van der Waals surface area contributed by atoms with E-state index < -0.39 is 23.7 Å². The molecule has 0 bridgehead atoms. The zero-order valence-corrected chi connectivity index (χ0v) is 22.3. The summed E-state index contributed by atoms with van der Waals surface area (Å²) in [6, 6.07) is 14.8. The van der Waals surface area contributed by atoms with Crippen molar-refractivity contribution < 1.29 is 32.7 Å². The number of aromatic nitrogens is 1. The Morgan fingerprint density at radius 3 is 2.74 bits per heavy atom.